The molecule has 2 N–H and O–H groups in total. The second-order valence-electron chi connectivity index (χ2n) is 6.04. The lowest BCUT2D eigenvalue weighted by atomic mass is 9.85. The van der Waals surface area contributed by atoms with Crippen LogP contribution in [0.2, 0.25) is 0 Å². The summed E-state index contributed by atoms with van der Waals surface area (Å²) in [5.41, 5.74) is 2.72. The molecule has 0 unspecified atom stereocenters. The third kappa shape index (κ3) is 2.61. The number of carbonyl (C=O) groups excluding carboxylic acids is 1. The maximum absolute atomic E-state index is 12.3. The first-order valence-electron chi connectivity index (χ1n) is 8.04. The van der Waals surface area contributed by atoms with Crippen LogP contribution in [-0.4, -0.2) is 36.7 Å². The molecule has 8 nitrogen and oxygen atoms in total. The van der Waals surface area contributed by atoms with E-state index < -0.39 is 5.97 Å². The number of aryl methyl sites for hydroxylation is 1. The van der Waals surface area contributed by atoms with E-state index in [1.165, 1.54) is 4.68 Å². The molecule has 1 aromatic carbocycles. The highest BCUT2D eigenvalue weighted by atomic mass is 16.4. The summed E-state index contributed by atoms with van der Waals surface area (Å²) in [5.74, 6) is -0.402. The predicted octanol–water partition coefficient (Wildman–Crippen LogP) is 2.14. The fourth-order valence-corrected chi connectivity index (χ4v) is 3.24. The number of carbonyl (C=O) groups is 2. The standard InChI is InChI=1S/C18H15N5O3/c1-10-15-13(11-3-5-12(6-4-11)17(25)26)9-14(24)21-16(15)23(22-10)18-19-7-2-8-20-18/h2-8,13H,9H2,1H3,(H,21,24)(H,25,26)/t13-/m0/s1. The van der Waals surface area contributed by atoms with Crippen molar-refractivity contribution in [1.82, 2.24) is 19.7 Å². The number of nitrogens with one attached hydrogen (secondary N) is 1. The lowest BCUT2D eigenvalue weighted by Gasteiger charge is -2.24. The van der Waals surface area contributed by atoms with Gasteiger partial charge >= 0.3 is 5.97 Å². The second-order valence-corrected chi connectivity index (χ2v) is 6.04. The van der Waals surface area contributed by atoms with E-state index in [4.69, 9.17) is 5.11 Å². The van der Waals surface area contributed by atoms with Crippen LogP contribution in [0.4, 0.5) is 5.82 Å². The molecule has 0 saturated carbocycles. The van der Waals surface area contributed by atoms with Gasteiger partial charge in [-0.25, -0.2) is 14.8 Å². The molecule has 1 aliphatic heterocycles. The molecule has 1 aliphatic rings. The van der Waals surface area contributed by atoms with Crippen molar-refractivity contribution >= 4 is 17.7 Å². The highest BCUT2D eigenvalue weighted by Gasteiger charge is 2.33. The number of benzene rings is 1. The smallest absolute Gasteiger partial charge is 0.335 e. The highest BCUT2D eigenvalue weighted by Crippen LogP contribution is 2.39. The number of rotatable bonds is 3. The monoisotopic (exact) mass is 349 g/mol. The van der Waals surface area contributed by atoms with Crippen LogP contribution in [-0.2, 0) is 4.79 Å². The Balaban J connectivity index is 1.82. The van der Waals surface area contributed by atoms with Crippen molar-refractivity contribution in [3.63, 3.8) is 0 Å². The maximum atomic E-state index is 12.3. The summed E-state index contributed by atoms with van der Waals surface area (Å²) < 4.78 is 1.53. The molecule has 1 atom stereocenters. The number of carboxylic acid groups (broad SMARTS) is 1. The lowest BCUT2D eigenvalue weighted by Crippen LogP contribution is -2.25. The van der Waals surface area contributed by atoms with Crippen LogP contribution in [0.25, 0.3) is 5.95 Å². The van der Waals surface area contributed by atoms with Gasteiger partial charge in [0.15, 0.2) is 0 Å². The SMILES string of the molecule is Cc1nn(-c2ncccn2)c2c1[C@H](c1ccc(C(=O)O)cc1)CC(=O)N2. The normalized spacial score (nSPS) is 16.0. The van der Waals surface area contributed by atoms with E-state index in [1.807, 2.05) is 6.92 Å². The molecule has 0 spiro atoms. The van der Waals surface area contributed by atoms with Gasteiger partial charge in [0.1, 0.15) is 5.82 Å². The van der Waals surface area contributed by atoms with E-state index in [1.54, 1.807) is 42.7 Å². The molecule has 0 saturated heterocycles. The van der Waals surface area contributed by atoms with Gasteiger partial charge in [0, 0.05) is 30.3 Å². The molecule has 0 aliphatic carbocycles. The number of carboxylic acids is 1. The fourth-order valence-electron chi connectivity index (χ4n) is 3.24. The average Bonchev–Trinajstić information content (AvgIpc) is 2.98. The van der Waals surface area contributed by atoms with Crippen molar-refractivity contribution in [2.24, 2.45) is 0 Å². The minimum atomic E-state index is -0.983. The summed E-state index contributed by atoms with van der Waals surface area (Å²) in [4.78, 5) is 31.7. The van der Waals surface area contributed by atoms with Gasteiger partial charge in [0.05, 0.1) is 11.3 Å². The van der Waals surface area contributed by atoms with Gasteiger partial charge in [0.2, 0.25) is 5.91 Å². The minimum absolute atomic E-state index is 0.137. The van der Waals surface area contributed by atoms with E-state index in [0.717, 1.165) is 16.8 Å². The van der Waals surface area contributed by atoms with Gasteiger partial charge in [-0.1, -0.05) is 12.1 Å². The van der Waals surface area contributed by atoms with Crippen LogP contribution in [0.5, 0.6) is 0 Å². The molecule has 4 rings (SSSR count). The molecule has 1 amide bonds. The van der Waals surface area contributed by atoms with Crippen molar-refractivity contribution in [3.8, 4) is 5.95 Å². The molecule has 3 aromatic rings. The number of fused-ring (bicyclic) bond motifs is 1. The van der Waals surface area contributed by atoms with E-state index in [2.05, 4.69) is 20.4 Å². The largest absolute Gasteiger partial charge is 0.478 e. The van der Waals surface area contributed by atoms with Crippen LogP contribution in [0, 0.1) is 6.92 Å². The van der Waals surface area contributed by atoms with Crippen LogP contribution >= 0.6 is 0 Å². The number of anilines is 1. The van der Waals surface area contributed by atoms with Crippen molar-refractivity contribution < 1.29 is 14.7 Å². The van der Waals surface area contributed by atoms with E-state index in [0.29, 0.717) is 11.8 Å². The van der Waals surface area contributed by atoms with Crippen LogP contribution in [0.15, 0.2) is 42.7 Å². The molecular weight excluding hydrogens is 334 g/mol. The van der Waals surface area contributed by atoms with E-state index >= 15 is 0 Å². The Morgan fingerprint density at radius 2 is 1.92 bits per heavy atom. The predicted molar refractivity (Wildman–Crippen MR) is 92.4 cm³/mol. The zero-order valence-corrected chi connectivity index (χ0v) is 13.9. The summed E-state index contributed by atoms with van der Waals surface area (Å²) >= 11 is 0. The summed E-state index contributed by atoms with van der Waals surface area (Å²) in [6.45, 7) is 1.87. The average molecular weight is 349 g/mol. The Morgan fingerprint density at radius 3 is 2.58 bits per heavy atom. The van der Waals surface area contributed by atoms with Crippen molar-refractivity contribution in [3.05, 3.63) is 65.1 Å². The van der Waals surface area contributed by atoms with Gasteiger partial charge in [-0.05, 0) is 30.7 Å². The third-order valence-corrected chi connectivity index (χ3v) is 4.40. The summed E-state index contributed by atoms with van der Waals surface area (Å²) in [6.07, 6.45) is 3.48. The third-order valence-electron chi connectivity index (χ3n) is 4.40. The number of aromatic carboxylic acids is 1. The highest BCUT2D eigenvalue weighted by molar-refractivity contribution is 5.95. The minimum Gasteiger partial charge on any atom is -0.478 e. The number of hydrogen-bond acceptors (Lipinski definition) is 5. The van der Waals surface area contributed by atoms with E-state index in [9.17, 15) is 9.59 Å². The first kappa shape index (κ1) is 15.9. The van der Waals surface area contributed by atoms with Gasteiger partial charge in [-0.3, -0.25) is 4.79 Å². The Kier molecular flexibility index (Phi) is 3.72. The summed E-state index contributed by atoms with van der Waals surface area (Å²) in [6, 6.07) is 8.28. The molecule has 0 bridgehead atoms. The van der Waals surface area contributed by atoms with Gasteiger partial charge in [-0.15, -0.1) is 0 Å². The summed E-state index contributed by atoms with van der Waals surface area (Å²) in [7, 11) is 0. The molecule has 130 valence electrons. The number of hydrogen-bond donors (Lipinski definition) is 2. The zero-order valence-electron chi connectivity index (χ0n) is 13.9. The first-order valence-corrected chi connectivity index (χ1v) is 8.04. The second kappa shape index (κ2) is 6.07. The van der Waals surface area contributed by atoms with Crippen molar-refractivity contribution in [2.75, 3.05) is 5.32 Å². The van der Waals surface area contributed by atoms with E-state index in [-0.39, 0.29) is 23.8 Å². The van der Waals surface area contributed by atoms with Crippen molar-refractivity contribution in [2.45, 2.75) is 19.3 Å². The maximum Gasteiger partial charge on any atom is 0.335 e. The number of aromatic nitrogens is 4. The van der Waals surface area contributed by atoms with Crippen LogP contribution in [0.1, 0.15) is 39.5 Å². The lowest BCUT2D eigenvalue weighted by molar-refractivity contribution is -0.116. The van der Waals surface area contributed by atoms with Gasteiger partial charge < -0.3 is 10.4 Å². The topological polar surface area (TPSA) is 110 Å². The molecule has 0 radical (unpaired) electrons. The van der Waals surface area contributed by atoms with Gasteiger partial charge in [-0.2, -0.15) is 9.78 Å². The summed E-state index contributed by atoms with van der Waals surface area (Å²) in [5, 5.41) is 16.4. The van der Waals surface area contributed by atoms with Gasteiger partial charge in [0.25, 0.3) is 5.95 Å². The molecule has 2 aromatic heterocycles. The Hall–Kier alpha value is -3.55. The van der Waals surface area contributed by atoms with Crippen LogP contribution in [0.3, 0.4) is 0 Å². The molecule has 8 heteroatoms. The first-order chi connectivity index (χ1) is 12.5. The Bertz CT molecular complexity index is 996. The zero-order chi connectivity index (χ0) is 18.3. The molecule has 0 fully saturated rings. The van der Waals surface area contributed by atoms with Crippen molar-refractivity contribution in [1.29, 1.82) is 0 Å². The molecule has 26 heavy (non-hydrogen) atoms. The Morgan fingerprint density at radius 1 is 1.23 bits per heavy atom. The number of amides is 1. The number of nitrogens with zero attached hydrogens (tertiary/aromatic N) is 4. The Labute approximate surface area is 148 Å². The van der Waals surface area contributed by atoms with Crippen LogP contribution < -0.4 is 5.32 Å². The quantitative estimate of drug-likeness (QED) is 0.750. The fraction of sp³-hybridized carbons (Fsp3) is 0.167. The molecule has 3 heterocycles. The molecular formula is C18H15N5O3.